The van der Waals surface area contributed by atoms with Gasteiger partial charge in [0.1, 0.15) is 25.7 Å². The first-order valence-electron chi connectivity index (χ1n) is 7.75. The van der Waals surface area contributed by atoms with Gasteiger partial charge in [-0.25, -0.2) is 0 Å². The summed E-state index contributed by atoms with van der Waals surface area (Å²) < 4.78 is 45.3. The van der Waals surface area contributed by atoms with Crippen LogP contribution in [-0.2, 0) is 35.1 Å². The van der Waals surface area contributed by atoms with Crippen LogP contribution in [-0.4, -0.2) is 58.5 Å². The van der Waals surface area contributed by atoms with Crippen molar-refractivity contribution >= 4 is 18.0 Å². The van der Waals surface area contributed by atoms with Gasteiger partial charge in [0.25, 0.3) is 10.1 Å². The van der Waals surface area contributed by atoms with Crippen molar-refractivity contribution in [3.8, 4) is 0 Å². The molecule has 1 unspecified atom stereocenters. The third-order valence-corrected chi connectivity index (χ3v) is 5.61. The molecule has 0 spiro atoms. The number of hydrogen-bond donors (Lipinski definition) is 0. The Morgan fingerprint density at radius 1 is 1.30 bits per heavy atom. The Bertz CT molecular complexity index is 710. The topological polar surface area (TPSA) is 71.1 Å². The summed E-state index contributed by atoms with van der Waals surface area (Å²) in [6.45, 7) is 0.566. The number of benzene rings is 1. The van der Waals surface area contributed by atoms with E-state index in [2.05, 4.69) is 0 Å². The van der Waals surface area contributed by atoms with Gasteiger partial charge >= 0.3 is 0 Å². The SMILES string of the molecule is B[C@@H]1O[C@@]2(CCOS(C)(=O)=O)C3O[C@@H]1[C@@]32OCc1ccccc1. The van der Waals surface area contributed by atoms with E-state index in [0.717, 1.165) is 11.8 Å². The van der Waals surface area contributed by atoms with E-state index in [4.69, 9.17) is 18.4 Å². The van der Waals surface area contributed by atoms with Gasteiger partial charge in [-0.15, -0.1) is 0 Å². The Morgan fingerprint density at radius 3 is 2.70 bits per heavy atom. The molecule has 0 aromatic heterocycles. The standard InChI is InChI=1S/C15H19BO6S/c1-23(17,18)20-8-7-14-13-15(14,11(21-13)12(16)22-14)19-9-10-5-3-2-4-6-10/h2-6,11-13H,7-9,16H2,1H3/t11-,12+,13?,14-,15+/m0/s1. The first kappa shape index (κ1) is 15.6. The molecule has 0 N–H and O–H groups in total. The van der Waals surface area contributed by atoms with Gasteiger partial charge in [0.05, 0.1) is 25.5 Å². The van der Waals surface area contributed by atoms with Crippen LogP contribution in [0.2, 0.25) is 0 Å². The smallest absolute Gasteiger partial charge is 0.264 e. The lowest BCUT2D eigenvalue weighted by Gasteiger charge is -2.36. The Morgan fingerprint density at radius 2 is 2.04 bits per heavy atom. The molecule has 1 saturated carbocycles. The lowest BCUT2D eigenvalue weighted by Crippen LogP contribution is -2.53. The van der Waals surface area contributed by atoms with Crippen molar-refractivity contribution in [3.05, 3.63) is 35.9 Å². The molecule has 0 bridgehead atoms. The third-order valence-electron chi connectivity index (χ3n) is 5.01. The Labute approximate surface area is 136 Å². The first-order valence-corrected chi connectivity index (χ1v) is 9.56. The summed E-state index contributed by atoms with van der Waals surface area (Å²) in [5.41, 5.74) is 0.0636. The molecule has 1 aromatic rings. The van der Waals surface area contributed by atoms with E-state index in [0.29, 0.717) is 13.0 Å². The van der Waals surface area contributed by atoms with Crippen LogP contribution in [0.15, 0.2) is 30.3 Å². The van der Waals surface area contributed by atoms with E-state index in [-0.39, 0.29) is 24.8 Å². The molecule has 1 aliphatic carbocycles. The Balaban J connectivity index is 1.45. The van der Waals surface area contributed by atoms with E-state index in [1.807, 2.05) is 38.2 Å². The lowest BCUT2D eigenvalue weighted by molar-refractivity contribution is -0.213. The molecule has 8 heteroatoms. The summed E-state index contributed by atoms with van der Waals surface area (Å²) in [7, 11) is -1.50. The van der Waals surface area contributed by atoms with E-state index in [9.17, 15) is 8.42 Å². The summed E-state index contributed by atoms with van der Waals surface area (Å²) in [6.07, 6.45) is 1.28. The van der Waals surface area contributed by atoms with Crippen LogP contribution in [0.4, 0.5) is 0 Å². The van der Waals surface area contributed by atoms with E-state index in [1.165, 1.54) is 0 Å². The highest BCUT2D eigenvalue weighted by Crippen LogP contribution is 2.73. The van der Waals surface area contributed by atoms with Gasteiger partial charge in [-0.1, -0.05) is 30.3 Å². The second kappa shape index (κ2) is 5.03. The number of rotatable bonds is 7. The van der Waals surface area contributed by atoms with Crippen molar-refractivity contribution in [1.29, 1.82) is 0 Å². The molecule has 1 aromatic carbocycles. The maximum Gasteiger partial charge on any atom is 0.264 e. The second-order valence-corrected chi connectivity index (χ2v) is 8.14. The van der Waals surface area contributed by atoms with Crippen molar-refractivity contribution < 1.29 is 26.8 Å². The maximum absolute atomic E-state index is 11.1. The molecule has 2 aliphatic heterocycles. The second-order valence-electron chi connectivity index (χ2n) is 6.49. The summed E-state index contributed by atoms with van der Waals surface area (Å²) in [5.74, 6) is 0. The maximum atomic E-state index is 11.1. The van der Waals surface area contributed by atoms with E-state index in [1.54, 1.807) is 0 Å². The number of hydrogen-bond acceptors (Lipinski definition) is 6. The van der Waals surface area contributed by atoms with Crippen LogP contribution in [0.3, 0.4) is 0 Å². The molecule has 4 rings (SSSR count). The monoisotopic (exact) mass is 338 g/mol. The van der Waals surface area contributed by atoms with Crippen LogP contribution < -0.4 is 0 Å². The van der Waals surface area contributed by atoms with Crippen molar-refractivity contribution in [2.45, 2.75) is 42.4 Å². The molecule has 2 saturated heterocycles. The molecule has 0 radical (unpaired) electrons. The predicted molar refractivity (Wildman–Crippen MR) is 84.2 cm³/mol. The lowest BCUT2D eigenvalue weighted by atomic mass is 9.88. The molecule has 2 heterocycles. The van der Waals surface area contributed by atoms with Gasteiger partial charge in [0.15, 0.2) is 5.60 Å². The molecular formula is C15H19BO6S. The fourth-order valence-corrected chi connectivity index (χ4v) is 4.42. The molecule has 124 valence electrons. The minimum Gasteiger partial charge on any atom is -0.372 e. The molecule has 5 atom stereocenters. The van der Waals surface area contributed by atoms with Crippen molar-refractivity contribution in [2.75, 3.05) is 12.9 Å². The zero-order chi connectivity index (χ0) is 16.3. The highest BCUT2D eigenvalue weighted by molar-refractivity contribution is 7.85. The van der Waals surface area contributed by atoms with Gasteiger partial charge in [-0.05, 0) is 5.56 Å². The van der Waals surface area contributed by atoms with Crippen LogP contribution in [0.5, 0.6) is 0 Å². The molecule has 6 nitrogen and oxygen atoms in total. The minimum atomic E-state index is -3.45. The van der Waals surface area contributed by atoms with Crippen molar-refractivity contribution in [2.24, 2.45) is 0 Å². The minimum absolute atomic E-state index is 0.0611. The third kappa shape index (κ3) is 2.20. The quantitative estimate of drug-likeness (QED) is 0.507. The molecule has 3 fully saturated rings. The largest absolute Gasteiger partial charge is 0.372 e. The average molecular weight is 338 g/mol. The summed E-state index contributed by atoms with van der Waals surface area (Å²) in [4.78, 5) is 0. The van der Waals surface area contributed by atoms with Crippen LogP contribution in [0, 0.1) is 0 Å². The van der Waals surface area contributed by atoms with E-state index < -0.39 is 21.3 Å². The normalized spacial score (nSPS) is 40.5. The highest BCUT2D eigenvalue weighted by Gasteiger charge is 2.95. The Hall–Kier alpha value is -0.925. The number of fused-ring (bicyclic) bond motifs is 1. The summed E-state index contributed by atoms with van der Waals surface area (Å²) in [5, 5.41) is 0. The van der Waals surface area contributed by atoms with Crippen LogP contribution in [0.1, 0.15) is 12.0 Å². The molecular weight excluding hydrogens is 319 g/mol. The fourth-order valence-electron chi connectivity index (χ4n) is 4.04. The number of ether oxygens (including phenoxy) is 3. The summed E-state index contributed by atoms with van der Waals surface area (Å²) >= 11 is 0. The zero-order valence-electron chi connectivity index (χ0n) is 13.1. The highest BCUT2D eigenvalue weighted by atomic mass is 32.2. The predicted octanol–water partition coefficient (Wildman–Crippen LogP) is -0.182. The van der Waals surface area contributed by atoms with Crippen LogP contribution >= 0.6 is 0 Å². The summed E-state index contributed by atoms with van der Waals surface area (Å²) in [6, 6.07) is 9.88. The van der Waals surface area contributed by atoms with E-state index >= 15 is 0 Å². The van der Waals surface area contributed by atoms with Crippen molar-refractivity contribution in [3.63, 3.8) is 0 Å². The van der Waals surface area contributed by atoms with Gasteiger partial charge in [-0.2, -0.15) is 8.42 Å². The fraction of sp³-hybridized carbons (Fsp3) is 0.600. The average Bonchev–Trinajstić information content (AvgIpc) is 2.78. The van der Waals surface area contributed by atoms with Gasteiger partial charge in [0.2, 0.25) is 0 Å². The Kier molecular flexibility index (Phi) is 3.41. The van der Waals surface area contributed by atoms with Gasteiger partial charge in [-0.3, -0.25) is 4.18 Å². The van der Waals surface area contributed by atoms with Crippen molar-refractivity contribution in [1.82, 2.24) is 0 Å². The zero-order valence-corrected chi connectivity index (χ0v) is 13.9. The molecule has 3 aliphatic rings. The first-order chi connectivity index (χ1) is 10.9. The molecule has 23 heavy (non-hydrogen) atoms. The van der Waals surface area contributed by atoms with Gasteiger partial charge < -0.3 is 14.2 Å². The van der Waals surface area contributed by atoms with Gasteiger partial charge in [0, 0.05) is 6.42 Å². The van der Waals surface area contributed by atoms with Crippen LogP contribution in [0.25, 0.3) is 0 Å². The molecule has 0 amide bonds.